The van der Waals surface area contributed by atoms with Gasteiger partial charge < -0.3 is 10.1 Å². The van der Waals surface area contributed by atoms with Gasteiger partial charge in [0.2, 0.25) is 0 Å². The van der Waals surface area contributed by atoms with Crippen LogP contribution >= 0.6 is 11.3 Å². The largest absolute Gasteiger partial charge is 0.431 e. The fourth-order valence-electron chi connectivity index (χ4n) is 2.21. The van der Waals surface area contributed by atoms with E-state index in [1.54, 1.807) is 6.20 Å². The summed E-state index contributed by atoms with van der Waals surface area (Å²) in [4.78, 5) is 8.60. The SMILES string of the molecule is CCNCCCc1ccc(Oc2nc3ncccc3s2)cc1. The van der Waals surface area contributed by atoms with E-state index in [0.29, 0.717) is 5.19 Å². The van der Waals surface area contributed by atoms with Gasteiger partial charge in [-0.15, -0.1) is 0 Å². The highest BCUT2D eigenvalue weighted by atomic mass is 32.1. The highest BCUT2D eigenvalue weighted by Crippen LogP contribution is 2.30. The number of hydrogen-bond donors (Lipinski definition) is 1. The Morgan fingerprint density at radius 3 is 2.82 bits per heavy atom. The fourth-order valence-corrected chi connectivity index (χ4v) is 3.01. The van der Waals surface area contributed by atoms with E-state index in [0.717, 1.165) is 42.0 Å². The molecule has 4 nitrogen and oxygen atoms in total. The van der Waals surface area contributed by atoms with Gasteiger partial charge in [-0.1, -0.05) is 30.4 Å². The molecule has 0 saturated carbocycles. The second kappa shape index (κ2) is 7.33. The zero-order valence-electron chi connectivity index (χ0n) is 12.6. The van der Waals surface area contributed by atoms with Gasteiger partial charge in [-0.25, -0.2) is 4.98 Å². The van der Waals surface area contributed by atoms with Crippen molar-refractivity contribution in [2.75, 3.05) is 13.1 Å². The minimum absolute atomic E-state index is 0.633. The van der Waals surface area contributed by atoms with Gasteiger partial charge in [0.05, 0.1) is 4.70 Å². The molecule has 0 atom stereocenters. The van der Waals surface area contributed by atoms with Crippen molar-refractivity contribution in [3.05, 3.63) is 48.2 Å². The highest BCUT2D eigenvalue weighted by Gasteiger charge is 2.06. The van der Waals surface area contributed by atoms with Crippen molar-refractivity contribution in [3.8, 4) is 10.9 Å². The molecule has 114 valence electrons. The van der Waals surface area contributed by atoms with Gasteiger partial charge in [-0.05, 0) is 55.8 Å². The van der Waals surface area contributed by atoms with Crippen molar-refractivity contribution < 1.29 is 4.74 Å². The van der Waals surface area contributed by atoms with Crippen LogP contribution in [0.25, 0.3) is 10.3 Å². The molecule has 0 spiro atoms. The van der Waals surface area contributed by atoms with Gasteiger partial charge in [0.25, 0.3) is 5.19 Å². The summed E-state index contributed by atoms with van der Waals surface area (Å²) < 4.78 is 6.86. The van der Waals surface area contributed by atoms with E-state index in [-0.39, 0.29) is 0 Å². The van der Waals surface area contributed by atoms with E-state index in [1.807, 2.05) is 24.3 Å². The van der Waals surface area contributed by atoms with Crippen LogP contribution in [0.2, 0.25) is 0 Å². The average molecular weight is 313 g/mol. The lowest BCUT2D eigenvalue weighted by Crippen LogP contribution is -2.14. The number of nitrogens with one attached hydrogen (secondary N) is 1. The van der Waals surface area contributed by atoms with Crippen LogP contribution in [-0.2, 0) is 6.42 Å². The quantitative estimate of drug-likeness (QED) is 0.669. The molecule has 0 aliphatic rings. The third-order valence-electron chi connectivity index (χ3n) is 3.34. The molecule has 1 aromatic carbocycles. The topological polar surface area (TPSA) is 47.0 Å². The predicted octanol–water partition coefficient (Wildman–Crippen LogP) is 4.03. The first kappa shape index (κ1) is 14.9. The molecule has 3 aromatic rings. The van der Waals surface area contributed by atoms with Gasteiger partial charge in [-0.2, -0.15) is 4.98 Å². The first-order chi connectivity index (χ1) is 10.8. The normalized spacial score (nSPS) is 11.0. The minimum atomic E-state index is 0.633. The molecule has 2 aromatic heterocycles. The van der Waals surface area contributed by atoms with Crippen LogP contribution in [0.5, 0.6) is 10.9 Å². The van der Waals surface area contributed by atoms with Crippen molar-refractivity contribution in [1.29, 1.82) is 0 Å². The minimum Gasteiger partial charge on any atom is -0.431 e. The van der Waals surface area contributed by atoms with Gasteiger partial charge in [-0.3, -0.25) is 0 Å². The van der Waals surface area contributed by atoms with Gasteiger partial charge in [0.1, 0.15) is 5.75 Å². The van der Waals surface area contributed by atoms with E-state index in [9.17, 15) is 0 Å². The molecule has 0 aliphatic heterocycles. The Bertz CT molecular complexity index is 691. The maximum absolute atomic E-state index is 5.82. The Kier molecular flexibility index (Phi) is 4.98. The molecule has 22 heavy (non-hydrogen) atoms. The van der Waals surface area contributed by atoms with Crippen LogP contribution in [-0.4, -0.2) is 23.1 Å². The smallest absolute Gasteiger partial charge is 0.281 e. The molecule has 0 unspecified atom stereocenters. The summed E-state index contributed by atoms with van der Waals surface area (Å²) in [7, 11) is 0. The molecule has 2 heterocycles. The van der Waals surface area contributed by atoms with Crippen LogP contribution in [0, 0.1) is 0 Å². The second-order valence-corrected chi connectivity index (χ2v) is 6.00. The summed E-state index contributed by atoms with van der Waals surface area (Å²) in [5.41, 5.74) is 2.07. The Labute approximate surface area is 134 Å². The number of aromatic nitrogens is 2. The molecule has 0 radical (unpaired) electrons. The lowest BCUT2D eigenvalue weighted by Gasteiger charge is -2.04. The number of aryl methyl sites for hydroxylation is 1. The summed E-state index contributed by atoms with van der Waals surface area (Å²) in [6, 6.07) is 12.1. The highest BCUT2D eigenvalue weighted by molar-refractivity contribution is 7.20. The summed E-state index contributed by atoms with van der Waals surface area (Å²) in [6.07, 6.45) is 3.98. The van der Waals surface area contributed by atoms with Crippen molar-refractivity contribution in [1.82, 2.24) is 15.3 Å². The summed E-state index contributed by atoms with van der Waals surface area (Å²) in [5.74, 6) is 0.814. The maximum Gasteiger partial charge on any atom is 0.281 e. The van der Waals surface area contributed by atoms with Crippen molar-refractivity contribution >= 4 is 21.7 Å². The molecular formula is C17H19N3OS. The molecule has 1 N–H and O–H groups in total. The first-order valence-electron chi connectivity index (χ1n) is 7.54. The number of rotatable bonds is 7. The van der Waals surface area contributed by atoms with Crippen LogP contribution < -0.4 is 10.1 Å². The third kappa shape index (κ3) is 3.81. The van der Waals surface area contributed by atoms with Crippen LogP contribution in [0.15, 0.2) is 42.6 Å². The summed E-state index contributed by atoms with van der Waals surface area (Å²) >= 11 is 1.51. The number of hydrogen-bond acceptors (Lipinski definition) is 5. The number of nitrogens with zero attached hydrogens (tertiary/aromatic N) is 2. The monoisotopic (exact) mass is 313 g/mol. The number of ether oxygens (including phenoxy) is 1. The van der Waals surface area contributed by atoms with E-state index >= 15 is 0 Å². The molecule has 3 rings (SSSR count). The van der Waals surface area contributed by atoms with Crippen LogP contribution in [0.3, 0.4) is 0 Å². The Morgan fingerprint density at radius 1 is 1.18 bits per heavy atom. The van der Waals surface area contributed by atoms with Crippen LogP contribution in [0.4, 0.5) is 0 Å². The van der Waals surface area contributed by atoms with E-state index in [2.05, 4.69) is 34.3 Å². The predicted molar refractivity (Wildman–Crippen MR) is 90.8 cm³/mol. The second-order valence-electron chi connectivity index (χ2n) is 5.01. The molecule has 0 saturated heterocycles. The van der Waals surface area contributed by atoms with Crippen molar-refractivity contribution in [2.24, 2.45) is 0 Å². The number of thiazole rings is 1. The van der Waals surface area contributed by atoms with Crippen LogP contribution in [0.1, 0.15) is 18.9 Å². The molecule has 0 amide bonds. The van der Waals surface area contributed by atoms with Crippen molar-refractivity contribution in [2.45, 2.75) is 19.8 Å². The molecule has 0 aliphatic carbocycles. The average Bonchev–Trinajstić information content (AvgIpc) is 2.95. The molecule has 0 bridgehead atoms. The van der Waals surface area contributed by atoms with Gasteiger partial charge >= 0.3 is 0 Å². The summed E-state index contributed by atoms with van der Waals surface area (Å²) in [5, 5.41) is 3.97. The van der Waals surface area contributed by atoms with Gasteiger partial charge in [0.15, 0.2) is 5.65 Å². The lowest BCUT2D eigenvalue weighted by molar-refractivity contribution is 0.479. The Morgan fingerprint density at radius 2 is 2.05 bits per heavy atom. The lowest BCUT2D eigenvalue weighted by atomic mass is 10.1. The third-order valence-corrected chi connectivity index (χ3v) is 4.23. The number of benzene rings is 1. The number of pyridine rings is 1. The Balaban J connectivity index is 1.60. The zero-order chi connectivity index (χ0) is 15.2. The number of fused-ring (bicyclic) bond motifs is 1. The van der Waals surface area contributed by atoms with E-state index in [1.165, 1.54) is 16.9 Å². The van der Waals surface area contributed by atoms with E-state index in [4.69, 9.17) is 4.74 Å². The zero-order valence-corrected chi connectivity index (χ0v) is 13.4. The standard InChI is InChI=1S/C17H19N3OS/c1-2-18-11-3-5-13-7-9-14(10-8-13)21-17-20-16-15(22-17)6-4-12-19-16/h4,6-10,12,18H,2-3,5,11H2,1H3. The fraction of sp³-hybridized carbons (Fsp3) is 0.294. The molecule has 0 fully saturated rings. The first-order valence-corrected chi connectivity index (χ1v) is 8.36. The maximum atomic E-state index is 5.82. The summed E-state index contributed by atoms with van der Waals surface area (Å²) in [6.45, 7) is 4.22. The van der Waals surface area contributed by atoms with Crippen molar-refractivity contribution in [3.63, 3.8) is 0 Å². The van der Waals surface area contributed by atoms with E-state index < -0.39 is 0 Å². The molecular weight excluding hydrogens is 294 g/mol. The molecule has 5 heteroatoms. The van der Waals surface area contributed by atoms with Gasteiger partial charge in [0, 0.05) is 6.20 Å². The Hall–Kier alpha value is -1.98.